The molecule has 1 aromatic heterocycles. The molecule has 0 aromatic carbocycles. The molecule has 1 aliphatic carbocycles. The molecule has 0 spiro atoms. The van der Waals surface area contributed by atoms with E-state index >= 15 is 0 Å². The molecule has 2 aliphatic rings. The second-order valence-electron chi connectivity index (χ2n) is 5.82. The Morgan fingerprint density at radius 1 is 1.42 bits per heavy atom. The topological polar surface area (TPSA) is 69.4 Å². The van der Waals surface area contributed by atoms with Crippen LogP contribution >= 0.6 is 0 Å². The number of ether oxygens (including phenoxy) is 1. The summed E-state index contributed by atoms with van der Waals surface area (Å²) in [6.45, 7) is -2.94. The average Bonchev–Trinajstić information content (AvgIpc) is 3.16. The molecule has 1 aliphatic heterocycles. The number of nitrogens with zero attached hydrogens (tertiary/aromatic N) is 3. The third-order valence-electron chi connectivity index (χ3n) is 4.36. The maximum atomic E-state index is 12.9. The Labute approximate surface area is 133 Å². The first-order valence-electron chi connectivity index (χ1n) is 7.08. The molecule has 1 saturated heterocycles. The van der Waals surface area contributed by atoms with Crippen molar-refractivity contribution >= 4 is 5.69 Å². The van der Waals surface area contributed by atoms with Crippen LogP contribution in [-0.4, -0.2) is 41.6 Å². The Balaban J connectivity index is 1.92. The number of nitriles is 1. The molecule has 0 radical (unpaired) electrons. The largest absolute Gasteiger partial charge is 0.432 e. The van der Waals surface area contributed by atoms with Crippen molar-refractivity contribution in [3.8, 4) is 11.8 Å². The maximum Gasteiger partial charge on any atom is 0.416 e. The molecule has 10 heteroatoms. The van der Waals surface area contributed by atoms with E-state index in [1.807, 2.05) is 0 Å². The first kappa shape index (κ1) is 16.7. The third-order valence-corrected chi connectivity index (χ3v) is 4.36. The van der Waals surface area contributed by atoms with Gasteiger partial charge in [0.25, 0.3) is 0 Å². The number of aromatic nitrogens is 1. The normalized spacial score (nSPS) is 26.9. The lowest BCUT2D eigenvalue weighted by molar-refractivity contribution is -0.210. The van der Waals surface area contributed by atoms with Gasteiger partial charge in [-0.15, -0.1) is 0 Å². The molecule has 1 aromatic rings. The van der Waals surface area contributed by atoms with Crippen LogP contribution in [0.4, 0.5) is 27.6 Å². The summed E-state index contributed by atoms with van der Waals surface area (Å²) in [5.41, 5.74) is -0.290. The maximum absolute atomic E-state index is 12.9. The van der Waals surface area contributed by atoms with Gasteiger partial charge in [-0.25, -0.2) is 4.98 Å². The molecule has 0 bridgehead atoms. The van der Waals surface area contributed by atoms with Crippen LogP contribution in [0.1, 0.15) is 12.1 Å². The summed E-state index contributed by atoms with van der Waals surface area (Å²) in [4.78, 5) is 4.96. The lowest BCUT2D eigenvalue weighted by Crippen LogP contribution is -2.49. The van der Waals surface area contributed by atoms with Crippen molar-refractivity contribution in [2.45, 2.75) is 31.4 Å². The highest BCUT2D eigenvalue weighted by Gasteiger charge is 2.60. The molecular weight excluding hydrogens is 337 g/mol. The van der Waals surface area contributed by atoms with Crippen LogP contribution in [0.2, 0.25) is 0 Å². The molecule has 1 saturated carbocycles. The molecule has 24 heavy (non-hydrogen) atoms. The Kier molecular flexibility index (Phi) is 3.99. The molecule has 4 atom stereocenters. The lowest BCUT2D eigenvalue weighted by Gasteiger charge is -2.33. The highest BCUT2D eigenvalue weighted by atomic mass is 19.4. The molecule has 1 N–H and O–H groups in total. The fourth-order valence-electron chi connectivity index (χ4n) is 3.24. The number of anilines is 1. The van der Waals surface area contributed by atoms with Crippen LogP contribution in [0.15, 0.2) is 12.3 Å². The van der Waals surface area contributed by atoms with E-state index in [-0.39, 0.29) is 24.1 Å². The number of aliphatic hydroxyl groups is 1. The Morgan fingerprint density at radius 2 is 2.12 bits per heavy atom. The molecule has 5 nitrogen and oxygen atoms in total. The van der Waals surface area contributed by atoms with Crippen LogP contribution in [0, 0.1) is 23.2 Å². The van der Waals surface area contributed by atoms with Gasteiger partial charge in [0.1, 0.15) is 6.07 Å². The minimum Gasteiger partial charge on any atom is -0.432 e. The highest BCUT2D eigenvalue weighted by Crippen LogP contribution is 2.53. The van der Waals surface area contributed by atoms with Gasteiger partial charge in [-0.1, -0.05) is 0 Å². The minimum absolute atomic E-state index is 0.0158. The summed E-state index contributed by atoms with van der Waals surface area (Å²) in [6, 6.07) is 1.43. The first-order chi connectivity index (χ1) is 11.2. The van der Waals surface area contributed by atoms with E-state index in [4.69, 9.17) is 5.26 Å². The van der Waals surface area contributed by atoms with Crippen molar-refractivity contribution in [1.82, 2.24) is 4.98 Å². The lowest BCUT2D eigenvalue weighted by atomic mass is 10.1. The number of rotatable bonds is 4. The van der Waals surface area contributed by atoms with E-state index < -0.39 is 36.4 Å². The first-order valence-corrected chi connectivity index (χ1v) is 7.08. The molecule has 130 valence electrons. The second kappa shape index (κ2) is 5.73. The Hall–Kier alpha value is -2.15. The summed E-state index contributed by atoms with van der Waals surface area (Å²) < 4.78 is 67.7. The van der Waals surface area contributed by atoms with Crippen molar-refractivity contribution < 1.29 is 31.8 Å². The second-order valence-corrected chi connectivity index (χ2v) is 5.82. The van der Waals surface area contributed by atoms with Gasteiger partial charge in [-0.2, -0.15) is 27.2 Å². The molecular formula is C14H12F5N3O2. The van der Waals surface area contributed by atoms with Gasteiger partial charge < -0.3 is 14.7 Å². The predicted molar refractivity (Wildman–Crippen MR) is 70.4 cm³/mol. The summed E-state index contributed by atoms with van der Waals surface area (Å²) in [5, 5.41) is 18.5. The van der Waals surface area contributed by atoms with E-state index in [9.17, 15) is 27.1 Å². The number of pyridine rings is 1. The predicted octanol–water partition coefficient (Wildman–Crippen LogP) is 2.30. The number of fused-ring (bicyclic) bond motifs is 1. The number of hydrogen-bond donors (Lipinski definition) is 1. The van der Waals surface area contributed by atoms with E-state index in [1.54, 1.807) is 6.07 Å². The van der Waals surface area contributed by atoms with E-state index in [2.05, 4.69) is 9.72 Å². The summed E-state index contributed by atoms with van der Waals surface area (Å²) in [7, 11) is 0. The molecule has 3 rings (SSSR count). The number of alkyl halides is 5. The van der Waals surface area contributed by atoms with Gasteiger partial charge in [0.15, 0.2) is 17.5 Å². The smallest absolute Gasteiger partial charge is 0.416 e. The zero-order chi connectivity index (χ0) is 17.6. The third kappa shape index (κ3) is 2.96. The van der Waals surface area contributed by atoms with Crippen molar-refractivity contribution in [3.63, 3.8) is 0 Å². The van der Waals surface area contributed by atoms with Crippen LogP contribution < -0.4 is 9.64 Å². The van der Waals surface area contributed by atoms with Gasteiger partial charge >= 0.3 is 12.8 Å². The zero-order valence-corrected chi connectivity index (χ0v) is 12.0. The molecule has 2 heterocycles. The number of aliphatic hydroxyl groups excluding tert-OH is 1. The fourth-order valence-corrected chi connectivity index (χ4v) is 3.24. The average molecular weight is 349 g/mol. The Morgan fingerprint density at radius 3 is 2.71 bits per heavy atom. The zero-order valence-electron chi connectivity index (χ0n) is 12.0. The quantitative estimate of drug-likeness (QED) is 0.845. The van der Waals surface area contributed by atoms with E-state index in [0.29, 0.717) is 6.42 Å². The van der Waals surface area contributed by atoms with Crippen LogP contribution in [0.5, 0.6) is 5.75 Å². The SMILES string of the molecule is N#Cc1ncc(N2C[C@@H]3CC3[C@@H]2[C@@H](O)C(F)(F)F)cc1OC(F)F. The van der Waals surface area contributed by atoms with Crippen LogP contribution in [-0.2, 0) is 0 Å². The number of halogens is 5. The minimum atomic E-state index is -4.79. The van der Waals surface area contributed by atoms with Crippen molar-refractivity contribution in [2.75, 3.05) is 11.4 Å². The van der Waals surface area contributed by atoms with Crippen LogP contribution in [0.25, 0.3) is 0 Å². The number of hydrogen-bond acceptors (Lipinski definition) is 5. The van der Waals surface area contributed by atoms with Gasteiger partial charge in [0.05, 0.1) is 17.9 Å². The Bertz CT molecular complexity index is 675. The fraction of sp³-hybridized carbons (Fsp3) is 0.571. The summed E-state index contributed by atoms with van der Waals surface area (Å²) >= 11 is 0. The molecule has 0 amide bonds. The standard InChI is InChI=1S/C14H12F5N3O2/c15-13(16)24-10-2-7(4-21-9(10)3-20)22-5-6-1-8(6)11(22)12(23)14(17,18)19/h2,4,6,8,11-13,23H,1,5H2/t6-,8?,11+,12+/m0/s1. The molecule has 2 fully saturated rings. The highest BCUT2D eigenvalue weighted by molar-refractivity contribution is 5.55. The monoisotopic (exact) mass is 349 g/mol. The van der Waals surface area contributed by atoms with Gasteiger partial charge in [-0.05, 0) is 18.3 Å². The van der Waals surface area contributed by atoms with E-state index in [1.165, 1.54) is 4.90 Å². The van der Waals surface area contributed by atoms with Crippen LogP contribution in [0.3, 0.4) is 0 Å². The van der Waals surface area contributed by atoms with Crippen molar-refractivity contribution in [2.24, 2.45) is 11.8 Å². The van der Waals surface area contributed by atoms with Crippen molar-refractivity contribution in [1.29, 1.82) is 5.26 Å². The van der Waals surface area contributed by atoms with Gasteiger partial charge in [-0.3, -0.25) is 0 Å². The van der Waals surface area contributed by atoms with Gasteiger partial charge in [0.2, 0.25) is 0 Å². The van der Waals surface area contributed by atoms with E-state index in [0.717, 1.165) is 12.3 Å². The van der Waals surface area contributed by atoms with Crippen molar-refractivity contribution in [3.05, 3.63) is 18.0 Å². The summed E-state index contributed by atoms with van der Waals surface area (Å²) in [6.07, 6.45) is -5.64. The number of piperidine rings is 1. The summed E-state index contributed by atoms with van der Waals surface area (Å²) in [5.74, 6) is -0.801. The van der Waals surface area contributed by atoms with Gasteiger partial charge in [0, 0.05) is 12.6 Å². The molecule has 1 unspecified atom stereocenters.